The average Bonchev–Trinajstić information content (AvgIpc) is 3.26. The highest BCUT2D eigenvalue weighted by Crippen LogP contribution is 2.41. The van der Waals surface area contributed by atoms with Crippen LogP contribution in [0.3, 0.4) is 0 Å². The standard InChI is InChI=1S/C29H37FN2O4/c1-3-15-31-29(33)21-9-12-23(13-10-21)32-27(20-7-5-4-6-8-20)28-25(19-35-17-16-34-2)24-18-22(30)11-14-26(24)36-28/h9-14,18,20,27,32H,3-8,15-17,19H2,1-2H3,(H,31,33). The minimum absolute atomic E-state index is 0.0676. The molecule has 0 bridgehead atoms. The molecule has 2 aromatic carbocycles. The molecule has 1 amide bonds. The summed E-state index contributed by atoms with van der Waals surface area (Å²) < 4.78 is 31.6. The molecule has 0 radical (unpaired) electrons. The number of benzene rings is 2. The Hall–Kier alpha value is -2.90. The van der Waals surface area contributed by atoms with Crippen LogP contribution in [0.15, 0.2) is 46.9 Å². The van der Waals surface area contributed by atoms with Crippen molar-refractivity contribution in [2.24, 2.45) is 5.92 Å². The number of hydrogen-bond acceptors (Lipinski definition) is 5. The lowest BCUT2D eigenvalue weighted by Gasteiger charge is -2.31. The first-order valence-electron chi connectivity index (χ1n) is 13.0. The van der Waals surface area contributed by atoms with E-state index in [0.29, 0.717) is 43.4 Å². The van der Waals surface area contributed by atoms with Gasteiger partial charge in [0, 0.05) is 35.9 Å². The van der Waals surface area contributed by atoms with Crippen LogP contribution < -0.4 is 10.6 Å². The maximum atomic E-state index is 14.2. The van der Waals surface area contributed by atoms with Crippen molar-refractivity contribution < 1.29 is 23.1 Å². The number of nitrogens with one attached hydrogen (secondary N) is 2. The van der Waals surface area contributed by atoms with Crippen LogP contribution in [-0.4, -0.2) is 32.8 Å². The molecular weight excluding hydrogens is 459 g/mol. The number of halogens is 1. The quantitative estimate of drug-likeness (QED) is 0.276. The molecule has 4 rings (SSSR count). The van der Waals surface area contributed by atoms with Crippen molar-refractivity contribution in [3.8, 4) is 0 Å². The van der Waals surface area contributed by atoms with E-state index in [1.807, 2.05) is 31.2 Å². The molecule has 1 aliphatic carbocycles. The largest absolute Gasteiger partial charge is 0.458 e. The van der Waals surface area contributed by atoms with E-state index in [0.717, 1.165) is 41.7 Å². The molecule has 1 saturated carbocycles. The van der Waals surface area contributed by atoms with Crippen LogP contribution in [0.5, 0.6) is 0 Å². The fraction of sp³-hybridized carbons (Fsp3) is 0.483. The van der Waals surface area contributed by atoms with E-state index in [4.69, 9.17) is 13.9 Å². The lowest BCUT2D eigenvalue weighted by atomic mass is 9.82. The van der Waals surface area contributed by atoms with Crippen molar-refractivity contribution in [1.29, 1.82) is 0 Å². The Morgan fingerprint density at radius 1 is 1.11 bits per heavy atom. The second-order valence-corrected chi connectivity index (χ2v) is 9.48. The summed E-state index contributed by atoms with van der Waals surface area (Å²) in [7, 11) is 1.64. The smallest absolute Gasteiger partial charge is 0.251 e. The van der Waals surface area contributed by atoms with Crippen LogP contribution in [0.2, 0.25) is 0 Å². The van der Waals surface area contributed by atoms with Gasteiger partial charge in [-0.25, -0.2) is 4.39 Å². The molecule has 0 saturated heterocycles. The Labute approximate surface area is 212 Å². The molecule has 0 aliphatic heterocycles. The first-order chi connectivity index (χ1) is 17.6. The van der Waals surface area contributed by atoms with Gasteiger partial charge in [-0.3, -0.25) is 4.79 Å². The van der Waals surface area contributed by atoms with Crippen molar-refractivity contribution in [1.82, 2.24) is 5.32 Å². The zero-order valence-corrected chi connectivity index (χ0v) is 21.3. The summed E-state index contributed by atoms with van der Waals surface area (Å²) in [5.74, 6) is 0.799. The lowest BCUT2D eigenvalue weighted by Crippen LogP contribution is -2.25. The van der Waals surface area contributed by atoms with Gasteiger partial charge in [0.05, 0.1) is 25.9 Å². The molecule has 6 nitrogen and oxygen atoms in total. The van der Waals surface area contributed by atoms with E-state index in [9.17, 15) is 9.18 Å². The van der Waals surface area contributed by atoms with Crippen LogP contribution >= 0.6 is 0 Å². The van der Waals surface area contributed by atoms with Crippen molar-refractivity contribution in [2.75, 3.05) is 32.2 Å². The summed E-state index contributed by atoms with van der Waals surface area (Å²) in [6.45, 7) is 3.94. The number of rotatable bonds is 12. The summed E-state index contributed by atoms with van der Waals surface area (Å²) in [6.07, 6.45) is 6.66. The fourth-order valence-electron chi connectivity index (χ4n) is 4.96. The third-order valence-electron chi connectivity index (χ3n) is 6.87. The number of furan rings is 1. The molecule has 7 heteroatoms. The number of hydrogen-bond donors (Lipinski definition) is 2. The summed E-state index contributed by atoms with van der Waals surface area (Å²) in [5.41, 5.74) is 3.08. The number of anilines is 1. The Morgan fingerprint density at radius 3 is 2.61 bits per heavy atom. The molecule has 194 valence electrons. The minimum Gasteiger partial charge on any atom is -0.458 e. The second-order valence-electron chi connectivity index (χ2n) is 9.48. The normalized spacial score (nSPS) is 15.2. The third-order valence-corrected chi connectivity index (χ3v) is 6.87. The topological polar surface area (TPSA) is 72.7 Å². The predicted octanol–water partition coefficient (Wildman–Crippen LogP) is 6.61. The molecular formula is C29H37FN2O4. The summed E-state index contributed by atoms with van der Waals surface area (Å²) in [4.78, 5) is 12.3. The number of carbonyl (C=O) groups is 1. The molecule has 36 heavy (non-hydrogen) atoms. The summed E-state index contributed by atoms with van der Waals surface area (Å²) in [6, 6.07) is 12.1. The monoisotopic (exact) mass is 496 g/mol. The molecule has 2 N–H and O–H groups in total. The molecule has 1 aromatic heterocycles. The van der Waals surface area contributed by atoms with E-state index in [2.05, 4.69) is 10.6 Å². The SMILES string of the molecule is CCCNC(=O)c1ccc(NC(c2oc3ccc(F)cc3c2COCCOC)C2CCCCC2)cc1. The molecule has 3 aromatic rings. The number of ether oxygens (including phenoxy) is 2. The van der Waals surface area contributed by atoms with Crippen LogP contribution in [0, 0.1) is 11.7 Å². The lowest BCUT2D eigenvalue weighted by molar-refractivity contribution is 0.0611. The number of amides is 1. The highest BCUT2D eigenvalue weighted by Gasteiger charge is 2.31. The Kier molecular flexibility index (Phi) is 9.36. The summed E-state index contributed by atoms with van der Waals surface area (Å²) in [5, 5.41) is 7.35. The fourth-order valence-corrected chi connectivity index (χ4v) is 4.96. The van der Waals surface area contributed by atoms with E-state index in [1.165, 1.54) is 31.4 Å². The molecule has 1 fully saturated rings. The number of methoxy groups -OCH3 is 1. The van der Waals surface area contributed by atoms with E-state index < -0.39 is 0 Å². The van der Waals surface area contributed by atoms with Crippen molar-refractivity contribution in [3.63, 3.8) is 0 Å². The first kappa shape index (κ1) is 26.2. The van der Waals surface area contributed by atoms with E-state index in [-0.39, 0.29) is 17.8 Å². The van der Waals surface area contributed by atoms with Gasteiger partial charge in [0.1, 0.15) is 17.2 Å². The van der Waals surface area contributed by atoms with Gasteiger partial charge in [0.15, 0.2) is 0 Å². The molecule has 1 unspecified atom stereocenters. The minimum atomic E-state index is -0.299. The first-order valence-corrected chi connectivity index (χ1v) is 13.0. The van der Waals surface area contributed by atoms with Crippen LogP contribution in [0.25, 0.3) is 11.0 Å². The zero-order chi connectivity index (χ0) is 25.3. The van der Waals surface area contributed by atoms with E-state index >= 15 is 0 Å². The van der Waals surface area contributed by atoms with Gasteiger partial charge in [-0.1, -0.05) is 26.2 Å². The van der Waals surface area contributed by atoms with Crippen molar-refractivity contribution in [2.45, 2.75) is 58.1 Å². The zero-order valence-electron chi connectivity index (χ0n) is 21.3. The Bertz CT molecular complexity index is 1120. The Balaban J connectivity index is 1.65. The average molecular weight is 497 g/mol. The highest BCUT2D eigenvalue weighted by molar-refractivity contribution is 5.94. The predicted molar refractivity (Wildman–Crippen MR) is 140 cm³/mol. The van der Waals surface area contributed by atoms with Crippen LogP contribution in [0.4, 0.5) is 10.1 Å². The van der Waals surface area contributed by atoms with Gasteiger partial charge < -0.3 is 24.5 Å². The van der Waals surface area contributed by atoms with Gasteiger partial charge in [-0.15, -0.1) is 0 Å². The van der Waals surface area contributed by atoms with Gasteiger partial charge in [0.25, 0.3) is 5.91 Å². The molecule has 0 spiro atoms. The maximum Gasteiger partial charge on any atom is 0.251 e. The number of fused-ring (bicyclic) bond motifs is 1. The Morgan fingerprint density at radius 2 is 1.89 bits per heavy atom. The second kappa shape index (κ2) is 12.9. The summed E-state index contributed by atoms with van der Waals surface area (Å²) >= 11 is 0. The van der Waals surface area contributed by atoms with Gasteiger partial charge >= 0.3 is 0 Å². The van der Waals surface area contributed by atoms with Crippen LogP contribution in [0.1, 0.15) is 73.2 Å². The molecule has 1 aliphatic rings. The van der Waals surface area contributed by atoms with Gasteiger partial charge in [-0.05, 0) is 67.6 Å². The van der Waals surface area contributed by atoms with Gasteiger partial charge in [-0.2, -0.15) is 0 Å². The third kappa shape index (κ3) is 6.45. The molecule has 1 heterocycles. The van der Waals surface area contributed by atoms with Crippen molar-refractivity contribution >= 4 is 22.6 Å². The number of carbonyl (C=O) groups excluding carboxylic acids is 1. The van der Waals surface area contributed by atoms with Gasteiger partial charge in [0.2, 0.25) is 0 Å². The maximum absolute atomic E-state index is 14.2. The van der Waals surface area contributed by atoms with Crippen molar-refractivity contribution in [3.05, 3.63) is 65.2 Å². The molecule has 1 atom stereocenters. The van der Waals surface area contributed by atoms with Crippen LogP contribution in [-0.2, 0) is 16.1 Å². The highest BCUT2D eigenvalue weighted by atomic mass is 19.1. The van der Waals surface area contributed by atoms with E-state index in [1.54, 1.807) is 13.2 Å².